The molecule has 0 aromatic heterocycles. The fraction of sp³-hybridized carbons (Fsp3) is 0.462. The molecule has 0 unspecified atom stereocenters. The Balaban J connectivity index is 2.53. The van der Waals surface area contributed by atoms with Crippen LogP contribution in [0.1, 0.15) is 48.5 Å². The van der Waals surface area contributed by atoms with Gasteiger partial charge in [0, 0.05) is 16.7 Å². The zero-order chi connectivity index (χ0) is 12.1. The number of carbonyl (C=O) groups excluding carboxylic acids is 1. The van der Waals surface area contributed by atoms with Gasteiger partial charge in [-0.2, -0.15) is 0 Å². The lowest BCUT2D eigenvalue weighted by atomic mass is 10.1. The van der Waals surface area contributed by atoms with E-state index in [-0.39, 0.29) is 11.4 Å². The minimum atomic E-state index is -0.817. The SMILES string of the molecule is Cc1ccc2c(c1)[C@H](O)N(C(C)(C)C)C2=O. The molecule has 0 radical (unpaired) electrons. The van der Waals surface area contributed by atoms with Crippen molar-refractivity contribution in [3.63, 3.8) is 0 Å². The van der Waals surface area contributed by atoms with Gasteiger partial charge in [0.05, 0.1) is 0 Å². The lowest BCUT2D eigenvalue weighted by molar-refractivity contribution is -0.0228. The van der Waals surface area contributed by atoms with Crippen LogP contribution in [0.4, 0.5) is 0 Å². The van der Waals surface area contributed by atoms with Crippen LogP contribution in [0, 0.1) is 6.92 Å². The van der Waals surface area contributed by atoms with Crippen LogP contribution in [-0.4, -0.2) is 21.5 Å². The van der Waals surface area contributed by atoms with Crippen molar-refractivity contribution in [2.75, 3.05) is 0 Å². The highest BCUT2D eigenvalue weighted by molar-refractivity contribution is 5.99. The van der Waals surface area contributed by atoms with Crippen LogP contribution in [0.2, 0.25) is 0 Å². The molecule has 2 rings (SSSR count). The normalized spacial score (nSPS) is 20.2. The second-order valence-corrected chi connectivity index (χ2v) is 5.31. The lowest BCUT2D eigenvalue weighted by Crippen LogP contribution is -2.43. The Kier molecular flexibility index (Phi) is 2.31. The van der Waals surface area contributed by atoms with Gasteiger partial charge in [-0.15, -0.1) is 0 Å². The van der Waals surface area contributed by atoms with Gasteiger partial charge in [-0.25, -0.2) is 0 Å². The number of benzene rings is 1. The monoisotopic (exact) mass is 219 g/mol. The van der Waals surface area contributed by atoms with Crippen molar-refractivity contribution in [1.82, 2.24) is 4.90 Å². The second kappa shape index (κ2) is 3.32. The van der Waals surface area contributed by atoms with E-state index in [2.05, 4.69) is 0 Å². The molecule has 1 amide bonds. The van der Waals surface area contributed by atoms with E-state index >= 15 is 0 Å². The van der Waals surface area contributed by atoms with Crippen LogP contribution in [0.15, 0.2) is 18.2 Å². The first-order chi connectivity index (χ1) is 7.32. The first kappa shape index (κ1) is 11.1. The number of rotatable bonds is 0. The largest absolute Gasteiger partial charge is 0.369 e. The van der Waals surface area contributed by atoms with Gasteiger partial charge in [0.2, 0.25) is 0 Å². The molecule has 3 heteroatoms. The summed E-state index contributed by atoms with van der Waals surface area (Å²) < 4.78 is 0. The van der Waals surface area contributed by atoms with E-state index in [1.807, 2.05) is 39.8 Å². The number of hydrogen-bond acceptors (Lipinski definition) is 2. The summed E-state index contributed by atoms with van der Waals surface area (Å²) in [5.74, 6) is -0.0880. The molecule has 1 aromatic rings. The Bertz CT molecular complexity index is 446. The first-order valence-corrected chi connectivity index (χ1v) is 5.44. The molecule has 16 heavy (non-hydrogen) atoms. The van der Waals surface area contributed by atoms with Crippen molar-refractivity contribution >= 4 is 5.91 Å². The van der Waals surface area contributed by atoms with E-state index in [0.717, 1.165) is 11.1 Å². The molecule has 86 valence electrons. The van der Waals surface area contributed by atoms with Crippen LogP contribution < -0.4 is 0 Å². The Morgan fingerprint density at radius 3 is 2.50 bits per heavy atom. The summed E-state index contributed by atoms with van der Waals surface area (Å²) in [6, 6.07) is 5.57. The standard InChI is InChI=1S/C13H17NO2/c1-8-5-6-9-10(7-8)12(16)14(11(9)15)13(2,3)4/h5-7,12,16H,1-4H3/t12-/m0/s1. The second-order valence-electron chi connectivity index (χ2n) is 5.31. The molecular weight excluding hydrogens is 202 g/mol. The van der Waals surface area contributed by atoms with Gasteiger partial charge in [-0.05, 0) is 33.8 Å². The van der Waals surface area contributed by atoms with Crippen LogP contribution >= 0.6 is 0 Å². The molecule has 0 spiro atoms. The average Bonchev–Trinajstić information content (AvgIpc) is 2.38. The van der Waals surface area contributed by atoms with E-state index < -0.39 is 6.23 Å². The average molecular weight is 219 g/mol. The summed E-state index contributed by atoms with van der Waals surface area (Å²) in [4.78, 5) is 13.7. The molecule has 0 saturated heterocycles. The first-order valence-electron chi connectivity index (χ1n) is 5.44. The smallest absolute Gasteiger partial charge is 0.257 e. The molecule has 1 aliphatic rings. The van der Waals surface area contributed by atoms with Crippen molar-refractivity contribution in [3.05, 3.63) is 34.9 Å². The number of aryl methyl sites for hydroxylation is 1. The fourth-order valence-corrected chi connectivity index (χ4v) is 2.14. The van der Waals surface area contributed by atoms with Crippen LogP contribution in [0.3, 0.4) is 0 Å². The number of hydrogen-bond donors (Lipinski definition) is 1. The third-order valence-electron chi connectivity index (χ3n) is 2.90. The maximum absolute atomic E-state index is 12.1. The summed E-state index contributed by atoms with van der Waals surface area (Å²) in [7, 11) is 0. The Morgan fingerprint density at radius 1 is 1.31 bits per heavy atom. The zero-order valence-corrected chi connectivity index (χ0v) is 10.1. The molecule has 0 saturated carbocycles. The molecule has 1 atom stereocenters. The maximum Gasteiger partial charge on any atom is 0.257 e. The number of fused-ring (bicyclic) bond motifs is 1. The van der Waals surface area contributed by atoms with Crippen molar-refractivity contribution in [3.8, 4) is 0 Å². The Hall–Kier alpha value is -1.35. The molecule has 0 fully saturated rings. The van der Waals surface area contributed by atoms with E-state index in [1.54, 1.807) is 6.07 Å². The molecule has 0 bridgehead atoms. The number of carbonyl (C=O) groups is 1. The minimum absolute atomic E-state index is 0.0880. The third kappa shape index (κ3) is 1.52. The van der Waals surface area contributed by atoms with Gasteiger partial charge in [-0.3, -0.25) is 4.79 Å². The highest BCUT2D eigenvalue weighted by atomic mass is 16.3. The van der Waals surface area contributed by atoms with Gasteiger partial charge in [0.15, 0.2) is 6.23 Å². The van der Waals surface area contributed by atoms with Gasteiger partial charge >= 0.3 is 0 Å². The topological polar surface area (TPSA) is 40.5 Å². The van der Waals surface area contributed by atoms with Gasteiger partial charge in [0.25, 0.3) is 5.91 Å². The van der Waals surface area contributed by atoms with Gasteiger partial charge in [-0.1, -0.05) is 17.7 Å². The Morgan fingerprint density at radius 2 is 1.94 bits per heavy atom. The van der Waals surface area contributed by atoms with Gasteiger partial charge < -0.3 is 10.0 Å². The summed E-state index contributed by atoms with van der Waals surface area (Å²) in [6.07, 6.45) is -0.817. The van der Waals surface area contributed by atoms with Crippen molar-refractivity contribution in [2.24, 2.45) is 0 Å². The predicted molar refractivity (Wildman–Crippen MR) is 62.1 cm³/mol. The molecule has 1 heterocycles. The highest BCUT2D eigenvalue weighted by Gasteiger charge is 2.41. The number of nitrogens with zero attached hydrogens (tertiary/aromatic N) is 1. The Labute approximate surface area is 95.7 Å². The fourth-order valence-electron chi connectivity index (χ4n) is 2.14. The minimum Gasteiger partial charge on any atom is -0.369 e. The van der Waals surface area contributed by atoms with E-state index in [0.29, 0.717) is 5.56 Å². The van der Waals surface area contributed by atoms with Crippen LogP contribution in [-0.2, 0) is 0 Å². The van der Waals surface area contributed by atoms with Crippen molar-refractivity contribution < 1.29 is 9.90 Å². The number of amides is 1. The molecule has 1 N–H and O–H groups in total. The van der Waals surface area contributed by atoms with Crippen molar-refractivity contribution in [1.29, 1.82) is 0 Å². The molecular formula is C13H17NO2. The summed E-state index contributed by atoms with van der Waals surface area (Å²) in [5.41, 5.74) is 2.03. The summed E-state index contributed by atoms with van der Waals surface area (Å²) in [6.45, 7) is 7.73. The van der Waals surface area contributed by atoms with Crippen LogP contribution in [0.5, 0.6) is 0 Å². The summed E-state index contributed by atoms with van der Waals surface area (Å²) >= 11 is 0. The van der Waals surface area contributed by atoms with E-state index in [4.69, 9.17) is 0 Å². The van der Waals surface area contributed by atoms with E-state index in [1.165, 1.54) is 4.90 Å². The van der Waals surface area contributed by atoms with Gasteiger partial charge in [0.1, 0.15) is 0 Å². The third-order valence-corrected chi connectivity index (χ3v) is 2.90. The quantitative estimate of drug-likeness (QED) is 0.727. The zero-order valence-electron chi connectivity index (χ0n) is 10.1. The molecule has 3 nitrogen and oxygen atoms in total. The summed E-state index contributed by atoms with van der Waals surface area (Å²) in [5, 5.41) is 10.2. The molecule has 1 aliphatic heterocycles. The molecule has 0 aliphatic carbocycles. The predicted octanol–water partition coefficient (Wildman–Crippen LogP) is 2.24. The maximum atomic E-state index is 12.1. The van der Waals surface area contributed by atoms with Crippen LogP contribution in [0.25, 0.3) is 0 Å². The number of aliphatic hydroxyl groups excluding tert-OH is 1. The highest BCUT2D eigenvalue weighted by Crippen LogP contribution is 2.37. The van der Waals surface area contributed by atoms with Crippen molar-refractivity contribution in [2.45, 2.75) is 39.5 Å². The van der Waals surface area contributed by atoms with E-state index in [9.17, 15) is 9.90 Å². The molecule has 1 aromatic carbocycles. The number of aliphatic hydroxyl groups is 1. The lowest BCUT2D eigenvalue weighted by Gasteiger charge is -2.34.